The van der Waals surface area contributed by atoms with Crippen molar-refractivity contribution >= 4 is 41.5 Å². The van der Waals surface area contributed by atoms with Crippen LogP contribution in [0.5, 0.6) is 0 Å². The van der Waals surface area contributed by atoms with Crippen LogP contribution in [0.4, 0.5) is 0 Å². The highest BCUT2D eigenvalue weighted by atomic mass is 127. The largest absolute Gasteiger partial charge is 0.393 e. The molecular formula is C24H34ClIN4O. The van der Waals surface area contributed by atoms with Gasteiger partial charge in [0.25, 0.3) is 0 Å². The van der Waals surface area contributed by atoms with Gasteiger partial charge in [-0.05, 0) is 55.0 Å². The molecule has 1 aliphatic rings. The van der Waals surface area contributed by atoms with Crippen LogP contribution in [0.2, 0.25) is 5.02 Å². The highest BCUT2D eigenvalue weighted by Crippen LogP contribution is 2.14. The predicted molar refractivity (Wildman–Crippen MR) is 140 cm³/mol. The summed E-state index contributed by atoms with van der Waals surface area (Å²) >= 11 is 6.06. The van der Waals surface area contributed by atoms with Gasteiger partial charge in [0.15, 0.2) is 5.96 Å². The molecule has 1 fully saturated rings. The third-order valence-corrected chi connectivity index (χ3v) is 5.58. The highest BCUT2D eigenvalue weighted by molar-refractivity contribution is 14.0. The van der Waals surface area contributed by atoms with E-state index in [-0.39, 0.29) is 30.1 Å². The lowest BCUT2D eigenvalue weighted by Gasteiger charge is -2.29. The summed E-state index contributed by atoms with van der Waals surface area (Å²) in [5.74, 6) is 0.829. The van der Waals surface area contributed by atoms with Crippen molar-refractivity contribution in [3.8, 4) is 0 Å². The number of guanidine groups is 1. The third kappa shape index (κ3) is 9.35. The van der Waals surface area contributed by atoms with E-state index in [9.17, 15) is 5.11 Å². The minimum absolute atomic E-state index is 0. The van der Waals surface area contributed by atoms with Gasteiger partial charge in [0.1, 0.15) is 0 Å². The summed E-state index contributed by atoms with van der Waals surface area (Å²) < 4.78 is 0. The number of piperidine rings is 1. The van der Waals surface area contributed by atoms with E-state index in [2.05, 4.69) is 52.8 Å². The Labute approximate surface area is 208 Å². The Balaban J connectivity index is 0.00000341. The molecule has 0 aromatic heterocycles. The number of rotatable bonds is 8. The topological polar surface area (TPSA) is 59.9 Å². The first-order chi connectivity index (χ1) is 14.6. The van der Waals surface area contributed by atoms with Gasteiger partial charge in [-0.25, -0.2) is 4.99 Å². The standard InChI is InChI=1S/C24H33ClN4O.HI/c1-2-26-24(27-13-10-19-4-3-5-22(25)16-19)28-17-20-6-8-21(9-7-20)18-29-14-11-23(30)12-15-29;/h3-9,16,23,30H,2,10-15,17-18H2,1H3,(H2,26,27,28);1H. The first-order valence-corrected chi connectivity index (χ1v) is 11.2. The van der Waals surface area contributed by atoms with E-state index in [1.54, 1.807) is 0 Å². The van der Waals surface area contributed by atoms with Gasteiger partial charge in [-0.2, -0.15) is 0 Å². The van der Waals surface area contributed by atoms with Gasteiger partial charge in [-0.15, -0.1) is 24.0 Å². The second-order valence-electron chi connectivity index (χ2n) is 7.83. The van der Waals surface area contributed by atoms with Crippen molar-refractivity contribution in [3.05, 3.63) is 70.2 Å². The van der Waals surface area contributed by atoms with Gasteiger partial charge in [0, 0.05) is 37.7 Å². The number of likely N-dealkylation sites (tertiary alicyclic amines) is 1. The molecule has 0 unspecified atom stereocenters. The Morgan fingerprint density at radius 1 is 1.06 bits per heavy atom. The molecule has 3 rings (SSSR count). The van der Waals surface area contributed by atoms with E-state index in [0.29, 0.717) is 6.54 Å². The first-order valence-electron chi connectivity index (χ1n) is 10.9. The fraction of sp³-hybridized carbons (Fsp3) is 0.458. The summed E-state index contributed by atoms with van der Waals surface area (Å²) in [6, 6.07) is 16.7. The molecule has 1 saturated heterocycles. The minimum Gasteiger partial charge on any atom is -0.393 e. The molecule has 3 N–H and O–H groups in total. The molecule has 2 aromatic carbocycles. The third-order valence-electron chi connectivity index (χ3n) is 5.35. The van der Waals surface area contributed by atoms with Crippen LogP contribution >= 0.6 is 35.6 Å². The van der Waals surface area contributed by atoms with Crippen LogP contribution in [-0.4, -0.2) is 48.2 Å². The van der Waals surface area contributed by atoms with Gasteiger partial charge < -0.3 is 15.7 Å². The molecule has 1 aliphatic heterocycles. The van der Waals surface area contributed by atoms with Gasteiger partial charge >= 0.3 is 0 Å². The highest BCUT2D eigenvalue weighted by Gasteiger charge is 2.16. The lowest BCUT2D eigenvalue weighted by atomic mass is 10.1. The number of nitrogens with zero attached hydrogens (tertiary/aromatic N) is 2. The molecule has 1 heterocycles. The van der Waals surface area contributed by atoms with Crippen molar-refractivity contribution in [3.63, 3.8) is 0 Å². The second kappa shape index (κ2) is 13.9. The molecule has 0 saturated carbocycles. The Morgan fingerprint density at radius 3 is 2.45 bits per heavy atom. The van der Waals surface area contributed by atoms with Crippen molar-refractivity contribution in [2.45, 2.75) is 45.4 Å². The summed E-state index contributed by atoms with van der Waals surface area (Å²) in [4.78, 5) is 7.13. The van der Waals surface area contributed by atoms with Crippen molar-refractivity contribution in [2.75, 3.05) is 26.2 Å². The molecule has 0 atom stereocenters. The van der Waals surface area contributed by atoms with Crippen molar-refractivity contribution in [1.29, 1.82) is 0 Å². The maximum absolute atomic E-state index is 9.64. The lowest BCUT2D eigenvalue weighted by molar-refractivity contribution is 0.0792. The summed E-state index contributed by atoms with van der Waals surface area (Å²) in [5, 5.41) is 17.1. The molecule has 0 radical (unpaired) electrons. The van der Waals surface area contributed by atoms with E-state index >= 15 is 0 Å². The number of aliphatic hydroxyl groups is 1. The number of aliphatic imine (C=N–C) groups is 1. The molecule has 0 amide bonds. The first kappa shape index (κ1) is 25.9. The number of benzene rings is 2. The SMILES string of the molecule is CCNC(=NCc1ccc(CN2CCC(O)CC2)cc1)NCCc1cccc(Cl)c1.I. The zero-order valence-corrected chi connectivity index (χ0v) is 21.3. The van der Waals surface area contributed by atoms with Crippen LogP contribution in [0.3, 0.4) is 0 Å². The monoisotopic (exact) mass is 556 g/mol. The van der Waals surface area contributed by atoms with E-state index in [1.165, 1.54) is 16.7 Å². The normalized spacial score (nSPS) is 15.4. The van der Waals surface area contributed by atoms with Gasteiger partial charge in [-0.1, -0.05) is 48.0 Å². The van der Waals surface area contributed by atoms with Crippen molar-refractivity contribution in [1.82, 2.24) is 15.5 Å². The molecule has 7 heteroatoms. The van der Waals surface area contributed by atoms with E-state index < -0.39 is 0 Å². The van der Waals surface area contributed by atoms with Crippen LogP contribution in [0.15, 0.2) is 53.5 Å². The van der Waals surface area contributed by atoms with Crippen LogP contribution in [0, 0.1) is 0 Å². The van der Waals surface area contributed by atoms with Crippen LogP contribution in [-0.2, 0) is 19.5 Å². The molecule has 2 aromatic rings. The Morgan fingerprint density at radius 2 is 1.77 bits per heavy atom. The number of hydrogen-bond donors (Lipinski definition) is 3. The summed E-state index contributed by atoms with van der Waals surface area (Å²) in [6.07, 6.45) is 2.54. The number of hydrogen-bond acceptors (Lipinski definition) is 3. The fourth-order valence-corrected chi connectivity index (χ4v) is 3.83. The molecule has 31 heavy (non-hydrogen) atoms. The quantitative estimate of drug-likeness (QED) is 0.259. The number of halogens is 2. The molecule has 0 bridgehead atoms. The molecule has 0 spiro atoms. The van der Waals surface area contributed by atoms with E-state index in [4.69, 9.17) is 16.6 Å². The minimum atomic E-state index is -0.119. The summed E-state index contributed by atoms with van der Waals surface area (Å²) in [6.45, 7) is 7.23. The average Bonchev–Trinajstić information content (AvgIpc) is 2.75. The fourth-order valence-electron chi connectivity index (χ4n) is 3.62. The zero-order valence-electron chi connectivity index (χ0n) is 18.2. The maximum atomic E-state index is 9.64. The van der Waals surface area contributed by atoms with Gasteiger partial charge in [0.05, 0.1) is 12.6 Å². The van der Waals surface area contributed by atoms with Crippen LogP contribution in [0.1, 0.15) is 36.5 Å². The van der Waals surface area contributed by atoms with Crippen LogP contribution < -0.4 is 10.6 Å². The smallest absolute Gasteiger partial charge is 0.191 e. The van der Waals surface area contributed by atoms with E-state index in [1.807, 2.05) is 18.2 Å². The Kier molecular flexibility index (Phi) is 11.6. The van der Waals surface area contributed by atoms with Gasteiger partial charge in [0.2, 0.25) is 0 Å². The van der Waals surface area contributed by atoms with E-state index in [0.717, 1.165) is 63.0 Å². The summed E-state index contributed by atoms with van der Waals surface area (Å²) in [5.41, 5.74) is 3.72. The molecule has 170 valence electrons. The van der Waals surface area contributed by atoms with Crippen molar-refractivity contribution < 1.29 is 5.11 Å². The Hall–Kier alpha value is -1.35. The van der Waals surface area contributed by atoms with Crippen molar-refractivity contribution in [2.24, 2.45) is 4.99 Å². The maximum Gasteiger partial charge on any atom is 0.191 e. The number of nitrogens with one attached hydrogen (secondary N) is 2. The molecular weight excluding hydrogens is 523 g/mol. The molecule has 0 aliphatic carbocycles. The van der Waals surface area contributed by atoms with Crippen LogP contribution in [0.25, 0.3) is 0 Å². The number of aliphatic hydroxyl groups excluding tert-OH is 1. The summed E-state index contributed by atoms with van der Waals surface area (Å²) in [7, 11) is 0. The average molecular weight is 557 g/mol. The predicted octanol–water partition coefficient (Wildman–Crippen LogP) is 4.21. The second-order valence-corrected chi connectivity index (χ2v) is 8.26. The molecule has 5 nitrogen and oxygen atoms in total. The van der Waals surface area contributed by atoms with Gasteiger partial charge in [-0.3, -0.25) is 4.90 Å². The Bertz CT molecular complexity index is 807. The lowest BCUT2D eigenvalue weighted by Crippen LogP contribution is -2.38. The zero-order chi connectivity index (χ0) is 21.2.